The minimum Gasteiger partial charge on any atom is -0.549 e. The number of carboxylic acids is 1. The van der Waals surface area contributed by atoms with Gasteiger partial charge in [0.1, 0.15) is 0 Å². The molecule has 0 aromatic carbocycles. The van der Waals surface area contributed by atoms with E-state index in [0.29, 0.717) is 6.92 Å². The van der Waals surface area contributed by atoms with Crippen LogP contribution in [0, 0.1) is 0 Å². The number of hydrogen-bond acceptors (Lipinski definition) is 4. The Kier molecular flexibility index (Phi) is 9.26. The van der Waals surface area contributed by atoms with Crippen LogP contribution in [0.2, 0.25) is 0 Å². The molecule has 0 rings (SSSR count). The van der Waals surface area contributed by atoms with Crippen molar-refractivity contribution in [3.8, 4) is 0 Å². The molecule has 30 heavy (non-hydrogen) atoms. The summed E-state index contributed by atoms with van der Waals surface area (Å²) in [5.74, 6) is -35.3. The Labute approximate surface area is 180 Å². The van der Waals surface area contributed by atoms with Crippen molar-refractivity contribution < 1.29 is 105 Å². The maximum atomic E-state index is 13.6. The SMILES string of the molecule is CCN(CC(=O)[O-])S(=O)(=O)C(F)(F)C(F)(F)C(F)(F)C(F)(F)C(F)(F)C(F)(F)F.[Na+]. The Bertz CT molecular complexity index is 737. The third kappa shape index (κ3) is 4.49. The number of halogens is 13. The van der Waals surface area contributed by atoms with Gasteiger partial charge in [-0.05, 0) is 0 Å². The van der Waals surface area contributed by atoms with Crippen molar-refractivity contribution >= 4 is 16.0 Å². The van der Waals surface area contributed by atoms with E-state index in [-0.39, 0.29) is 29.6 Å². The molecule has 20 heteroatoms. The number of hydrogen-bond donors (Lipinski definition) is 0. The Morgan fingerprint density at radius 2 is 1.10 bits per heavy atom. The zero-order valence-corrected chi connectivity index (χ0v) is 17.1. The number of aliphatic carboxylic acids is 1. The molecule has 0 N–H and O–H groups in total. The molecule has 0 aliphatic rings. The molecular formula is C10H7F13NNaO4S. The number of carbonyl (C=O) groups excluding carboxylic acids is 1. The maximum absolute atomic E-state index is 13.6. The van der Waals surface area contributed by atoms with E-state index in [2.05, 4.69) is 0 Å². The van der Waals surface area contributed by atoms with Gasteiger partial charge in [0.05, 0.1) is 12.5 Å². The van der Waals surface area contributed by atoms with Gasteiger partial charge in [-0.25, -0.2) is 8.42 Å². The van der Waals surface area contributed by atoms with E-state index in [9.17, 15) is 75.4 Å². The van der Waals surface area contributed by atoms with Crippen LogP contribution in [0.4, 0.5) is 57.1 Å². The van der Waals surface area contributed by atoms with Crippen LogP contribution >= 0.6 is 0 Å². The average Bonchev–Trinajstić information content (AvgIpc) is 2.49. The topological polar surface area (TPSA) is 77.5 Å². The Hall–Kier alpha value is -0.530. The molecule has 0 aromatic rings. The molecule has 0 heterocycles. The summed E-state index contributed by atoms with van der Waals surface area (Å²) in [6, 6.07) is 0. The quantitative estimate of drug-likeness (QED) is 0.299. The monoisotopic (exact) mass is 507 g/mol. The van der Waals surface area contributed by atoms with Crippen LogP contribution in [-0.2, 0) is 14.8 Å². The summed E-state index contributed by atoms with van der Waals surface area (Å²) < 4.78 is 190. The number of alkyl halides is 13. The summed E-state index contributed by atoms with van der Waals surface area (Å²) in [7, 11) is -7.34. The Morgan fingerprint density at radius 1 is 0.767 bits per heavy atom. The van der Waals surface area contributed by atoms with Crippen molar-refractivity contribution in [3.05, 3.63) is 0 Å². The van der Waals surface area contributed by atoms with Crippen molar-refractivity contribution in [2.75, 3.05) is 13.1 Å². The fourth-order valence-corrected chi connectivity index (χ4v) is 2.98. The molecule has 0 aliphatic carbocycles. The van der Waals surface area contributed by atoms with Gasteiger partial charge in [0.2, 0.25) is 0 Å². The van der Waals surface area contributed by atoms with Crippen LogP contribution in [0.5, 0.6) is 0 Å². The second-order valence-electron chi connectivity index (χ2n) is 5.12. The van der Waals surface area contributed by atoms with Crippen molar-refractivity contribution in [1.82, 2.24) is 4.31 Å². The molecular weight excluding hydrogens is 500 g/mol. The van der Waals surface area contributed by atoms with Crippen LogP contribution in [0.15, 0.2) is 0 Å². The summed E-state index contributed by atoms with van der Waals surface area (Å²) in [5.41, 5.74) is 0. The van der Waals surface area contributed by atoms with Crippen LogP contribution in [0.1, 0.15) is 6.92 Å². The molecule has 0 unspecified atom stereocenters. The summed E-state index contributed by atoms with van der Waals surface area (Å²) in [6.45, 7) is -3.22. The van der Waals surface area contributed by atoms with E-state index in [1.165, 1.54) is 0 Å². The van der Waals surface area contributed by atoms with Gasteiger partial charge in [-0.1, -0.05) is 6.92 Å². The van der Waals surface area contributed by atoms with E-state index >= 15 is 0 Å². The largest absolute Gasteiger partial charge is 1.00 e. The first kappa shape index (κ1) is 31.7. The molecule has 0 aliphatic heterocycles. The third-order valence-electron chi connectivity index (χ3n) is 3.23. The van der Waals surface area contributed by atoms with Crippen LogP contribution in [0.3, 0.4) is 0 Å². The van der Waals surface area contributed by atoms with Gasteiger partial charge < -0.3 is 9.90 Å². The number of rotatable bonds is 9. The van der Waals surface area contributed by atoms with Gasteiger partial charge in [-0.2, -0.15) is 61.4 Å². The number of carboxylic acid groups (broad SMARTS) is 1. The van der Waals surface area contributed by atoms with E-state index in [1.54, 1.807) is 0 Å². The minimum atomic E-state index is -8.31. The smallest absolute Gasteiger partial charge is 0.549 e. The standard InChI is InChI=1S/C10H8F13NO4S.Na/c1-2-24(3-4(25)26)29(27,28)10(22,23)8(17,18)6(13,14)5(11,12)7(15,16)9(19,20)21;/h2-3H2,1H3,(H,25,26);/q;+1/p-1. The maximum Gasteiger partial charge on any atom is 1.00 e. The van der Waals surface area contributed by atoms with Crippen LogP contribution in [-0.4, -0.2) is 66.9 Å². The summed E-state index contributed by atoms with van der Waals surface area (Å²) in [4.78, 5) is 10.2. The molecule has 0 spiro atoms. The number of sulfonamides is 1. The normalized spacial score (nSPS) is 15.2. The zero-order chi connectivity index (χ0) is 24.1. The van der Waals surface area contributed by atoms with Gasteiger partial charge >= 0.3 is 64.7 Å². The van der Waals surface area contributed by atoms with Gasteiger partial charge in [0, 0.05) is 6.54 Å². The second-order valence-corrected chi connectivity index (χ2v) is 7.09. The van der Waals surface area contributed by atoms with Gasteiger partial charge in [0.15, 0.2) is 0 Å². The van der Waals surface area contributed by atoms with E-state index in [1.807, 2.05) is 0 Å². The summed E-state index contributed by atoms with van der Waals surface area (Å²) in [6.07, 6.45) is -7.64. The van der Waals surface area contributed by atoms with Gasteiger partial charge in [-0.15, -0.1) is 0 Å². The van der Waals surface area contributed by atoms with Crippen LogP contribution < -0.4 is 34.7 Å². The molecule has 0 amide bonds. The average molecular weight is 507 g/mol. The predicted molar refractivity (Wildman–Crippen MR) is 62.0 cm³/mol. The molecule has 5 nitrogen and oxygen atoms in total. The fraction of sp³-hybridized carbons (Fsp3) is 0.900. The van der Waals surface area contributed by atoms with Crippen LogP contribution in [0.25, 0.3) is 0 Å². The Morgan fingerprint density at radius 3 is 1.37 bits per heavy atom. The van der Waals surface area contributed by atoms with E-state index < -0.39 is 68.5 Å². The minimum absolute atomic E-state index is 0. The predicted octanol–water partition coefficient (Wildman–Crippen LogP) is -0.912. The van der Waals surface area contributed by atoms with E-state index in [4.69, 9.17) is 0 Å². The van der Waals surface area contributed by atoms with Crippen molar-refractivity contribution in [2.45, 2.75) is 42.0 Å². The number of likely N-dealkylation sites (N-methyl/N-ethyl adjacent to an activating group) is 1. The third-order valence-corrected chi connectivity index (χ3v) is 5.20. The first-order chi connectivity index (χ1) is 12.4. The molecule has 0 saturated carbocycles. The van der Waals surface area contributed by atoms with Crippen molar-refractivity contribution in [1.29, 1.82) is 0 Å². The van der Waals surface area contributed by atoms with Gasteiger partial charge in [0.25, 0.3) is 10.0 Å². The number of nitrogens with zero attached hydrogens (tertiary/aromatic N) is 1. The van der Waals surface area contributed by atoms with E-state index in [0.717, 1.165) is 0 Å². The zero-order valence-electron chi connectivity index (χ0n) is 14.3. The van der Waals surface area contributed by atoms with Gasteiger partial charge in [-0.3, -0.25) is 0 Å². The summed E-state index contributed by atoms with van der Waals surface area (Å²) in [5, 5.41) is 2.78. The molecule has 0 bridgehead atoms. The molecule has 0 radical (unpaired) electrons. The van der Waals surface area contributed by atoms with Crippen molar-refractivity contribution in [2.24, 2.45) is 0 Å². The molecule has 0 atom stereocenters. The number of carbonyl (C=O) groups is 1. The molecule has 0 saturated heterocycles. The molecule has 0 fully saturated rings. The first-order valence-electron chi connectivity index (χ1n) is 6.53. The van der Waals surface area contributed by atoms with Crippen molar-refractivity contribution in [3.63, 3.8) is 0 Å². The fourth-order valence-electron chi connectivity index (χ4n) is 1.59. The molecule has 0 aromatic heterocycles. The first-order valence-corrected chi connectivity index (χ1v) is 7.97. The second kappa shape index (κ2) is 8.78. The Balaban J connectivity index is 0. The summed E-state index contributed by atoms with van der Waals surface area (Å²) >= 11 is 0. The molecule has 174 valence electrons.